The van der Waals surface area contributed by atoms with Crippen LogP contribution in [0, 0.1) is 11.6 Å². The molecule has 1 aliphatic rings. The van der Waals surface area contributed by atoms with E-state index in [0.717, 1.165) is 12.5 Å². The first-order chi connectivity index (χ1) is 7.59. The summed E-state index contributed by atoms with van der Waals surface area (Å²) in [7, 11) is 1.77. The van der Waals surface area contributed by atoms with Gasteiger partial charge in [-0.05, 0) is 12.5 Å². The minimum atomic E-state index is -0.722. The highest BCUT2D eigenvalue weighted by Gasteiger charge is 2.23. The molecule has 2 rings (SSSR count). The van der Waals surface area contributed by atoms with Gasteiger partial charge in [0.15, 0.2) is 5.82 Å². The second-order valence-electron chi connectivity index (χ2n) is 3.95. The maximum atomic E-state index is 13.3. The summed E-state index contributed by atoms with van der Waals surface area (Å²) in [6.07, 6.45) is 0.841. The monoisotopic (exact) mass is 228 g/mol. The summed E-state index contributed by atoms with van der Waals surface area (Å²) in [5.74, 6) is -1.34. The van der Waals surface area contributed by atoms with Gasteiger partial charge in [0.2, 0.25) is 0 Å². The Morgan fingerprint density at radius 1 is 1.44 bits per heavy atom. The maximum absolute atomic E-state index is 13.3. The van der Waals surface area contributed by atoms with Gasteiger partial charge in [0, 0.05) is 19.7 Å². The topological polar surface area (TPSA) is 38.5 Å². The van der Waals surface area contributed by atoms with Crippen molar-refractivity contribution in [1.29, 1.82) is 0 Å². The van der Waals surface area contributed by atoms with Gasteiger partial charge in [-0.3, -0.25) is 0 Å². The number of hydrogen-bond acceptors (Lipinski definition) is 3. The van der Waals surface area contributed by atoms with Crippen molar-refractivity contribution in [2.45, 2.75) is 12.5 Å². The summed E-state index contributed by atoms with van der Waals surface area (Å²) in [6.45, 7) is 1.24. The number of rotatable bonds is 2. The lowest BCUT2D eigenvalue weighted by Gasteiger charge is -2.26. The van der Waals surface area contributed by atoms with Crippen molar-refractivity contribution in [2.75, 3.05) is 30.9 Å². The molecule has 1 saturated heterocycles. The van der Waals surface area contributed by atoms with E-state index in [2.05, 4.69) is 0 Å². The number of halogens is 2. The number of anilines is 2. The van der Waals surface area contributed by atoms with Gasteiger partial charge in [0.25, 0.3) is 0 Å². The van der Waals surface area contributed by atoms with E-state index in [1.165, 1.54) is 6.07 Å². The molecule has 0 bridgehead atoms. The zero-order chi connectivity index (χ0) is 11.7. The van der Waals surface area contributed by atoms with Crippen LogP contribution in [0.1, 0.15) is 6.42 Å². The molecule has 5 heteroatoms. The van der Waals surface area contributed by atoms with Crippen LogP contribution in [-0.4, -0.2) is 26.3 Å². The number of ether oxygens (including phenoxy) is 1. The molecule has 0 aliphatic carbocycles. The Bertz CT molecular complexity index is 392. The highest BCUT2D eigenvalue weighted by molar-refractivity contribution is 5.68. The number of nitrogens with two attached hydrogens (primary N) is 1. The largest absolute Gasteiger partial charge is 0.395 e. The van der Waals surface area contributed by atoms with Crippen LogP contribution in [0.15, 0.2) is 12.1 Å². The Hall–Kier alpha value is -1.36. The molecule has 1 atom stereocenters. The normalized spacial score (nSPS) is 20.1. The Morgan fingerprint density at radius 2 is 2.19 bits per heavy atom. The molecule has 0 amide bonds. The van der Waals surface area contributed by atoms with Gasteiger partial charge in [-0.25, -0.2) is 8.78 Å². The maximum Gasteiger partial charge on any atom is 0.151 e. The second kappa shape index (κ2) is 4.25. The molecule has 1 unspecified atom stereocenters. The third kappa shape index (κ3) is 1.95. The minimum absolute atomic E-state index is 0.0178. The van der Waals surface area contributed by atoms with Crippen LogP contribution in [0.25, 0.3) is 0 Å². The van der Waals surface area contributed by atoms with E-state index in [1.54, 1.807) is 11.9 Å². The summed E-state index contributed by atoms with van der Waals surface area (Å²) in [5.41, 5.74) is 5.96. The lowest BCUT2D eigenvalue weighted by molar-refractivity contribution is 0.193. The van der Waals surface area contributed by atoms with Gasteiger partial charge in [0.05, 0.1) is 24.0 Å². The predicted octanol–water partition coefficient (Wildman–Crippen LogP) is 1.77. The molecule has 0 radical (unpaired) electrons. The first-order valence-corrected chi connectivity index (χ1v) is 5.14. The molecule has 0 aromatic heterocycles. The quantitative estimate of drug-likeness (QED) is 0.784. The van der Waals surface area contributed by atoms with Crippen LogP contribution in [0.3, 0.4) is 0 Å². The Labute approximate surface area is 92.8 Å². The molecule has 2 N–H and O–H groups in total. The fourth-order valence-corrected chi connectivity index (χ4v) is 1.89. The zero-order valence-corrected chi connectivity index (χ0v) is 9.04. The second-order valence-corrected chi connectivity index (χ2v) is 3.95. The van der Waals surface area contributed by atoms with Crippen molar-refractivity contribution in [1.82, 2.24) is 0 Å². The molecule has 1 aliphatic heterocycles. The van der Waals surface area contributed by atoms with Crippen LogP contribution < -0.4 is 10.6 Å². The molecule has 1 aromatic rings. The average molecular weight is 228 g/mol. The van der Waals surface area contributed by atoms with E-state index in [-0.39, 0.29) is 11.7 Å². The van der Waals surface area contributed by atoms with Gasteiger partial charge < -0.3 is 15.4 Å². The van der Waals surface area contributed by atoms with Crippen molar-refractivity contribution >= 4 is 11.4 Å². The first kappa shape index (κ1) is 11.1. The van der Waals surface area contributed by atoms with E-state index in [9.17, 15) is 8.78 Å². The number of nitrogen functional groups attached to an aromatic ring is 1. The van der Waals surface area contributed by atoms with Crippen molar-refractivity contribution < 1.29 is 13.5 Å². The summed E-state index contributed by atoms with van der Waals surface area (Å²) in [4.78, 5) is 1.77. The lowest BCUT2D eigenvalue weighted by Crippen LogP contribution is -2.32. The van der Waals surface area contributed by atoms with Crippen molar-refractivity contribution in [3.05, 3.63) is 23.8 Å². The molecule has 16 heavy (non-hydrogen) atoms. The molecular formula is C11H14F2N2O. The molecule has 0 spiro atoms. The van der Waals surface area contributed by atoms with Crippen molar-refractivity contribution in [3.63, 3.8) is 0 Å². The first-order valence-electron chi connectivity index (χ1n) is 5.14. The third-order valence-electron chi connectivity index (χ3n) is 2.91. The van der Waals surface area contributed by atoms with Crippen LogP contribution >= 0.6 is 0 Å². The molecule has 1 fully saturated rings. The molecular weight excluding hydrogens is 214 g/mol. The van der Waals surface area contributed by atoms with E-state index in [0.29, 0.717) is 18.9 Å². The standard InChI is InChI=1S/C11H14F2N2O/c1-15(8-2-3-16-6-8)10-5-7(12)4-9(13)11(10)14/h4-5,8H,2-3,6,14H2,1H3. The smallest absolute Gasteiger partial charge is 0.151 e. The number of likely N-dealkylation sites (N-methyl/N-ethyl adjacent to an activating group) is 1. The summed E-state index contributed by atoms with van der Waals surface area (Å²) in [5, 5.41) is 0. The average Bonchev–Trinajstić information content (AvgIpc) is 2.75. The Balaban J connectivity index is 2.31. The molecule has 1 heterocycles. The molecule has 3 nitrogen and oxygen atoms in total. The zero-order valence-electron chi connectivity index (χ0n) is 9.04. The molecule has 0 saturated carbocycles. The lowest BCUT2D eigenvalue weighted by atomic mass is 10.1. The van der Waals surface area contributed by atoms with Gasteiger partial charge >= 0.3 is 0 Å². The van der Waals surface area contributed by atoms with E-state index < -0.39 is 11.6 Å². The van der Waals surface area contributed by atoms with Crippen LogP contribution in [0.5, 0.6) is 0 Å². The number of hydrogen-bond donors (Lipinski definition) is 1. The number of nitrogens with zero attached hydrogens (tertiary/aromatic N) is 1. The van der Waals surface area contributed by atoms with E-state index >= 15 is 0 Å². The van der Waals surface area contributed by atoms with Crippen LogP contribution in [0.4, 0.5) is 20.2 Å². The highest BCUT2D eigenvalue weighted by atomic mass is 19.1. The van der Waals surface area contributed by atoms with Gasteiger partial charge in [-0.2, -0.15) is 0 Å². The fraction of sp³-hybridized carbons (Fsp3) is 0.455. The summed E-state index contributed by atoms with van der Waals surface area (Å²) < 4.78 is 31.6. The SMILES string of the molecule is CN(c1cc(F)cc(F)c1N)C1CCOC1. The van der Waals surface area contributed by atoms with Crippen LogP contribution in [0.2, 0.25) is 0 Å². The molecule has 88 valence electrons. The predicted molar refractivity (Wildman–Crippen MR) is 58.4 cm³/mol. The summed E-state index contributed by atoms with van der Waals surface area (Å²) in [6, 6.07) is 2.16. The van der Waals surface area contributed by atoms with Crippen molar-refractivity contribution in [2.24, 2.45) is 0 Å². The van der Waals surface area contributed by atoms with Crippen LogP contribution in [-0.2, 0) is 4.74 Å². The molecule has 1 aromatic carbocycles. The van der Waals surface area contributed by atoms with Gasteiger partial charge in [-0.1, -0.05) is 0 Å². The van der Waals surface area contributed by atoms with E-state index in [4.69, 9.17) is 10.5 Å². The van der Waals surface area contributed by atoms with E-state index in [1.807, 2.05) is 0 Å². The minimum Gasteiger partial charge on any atom is -0.395 e. The third-order valence-corrected chi connectivity index (χ3v) is 2.91. The van der Waals surface area contributed by atoms with Gasteiger partial charge in [-0.15, -0.1) is 0 Å². The summed E-state index contributed by atoms with van der Waals surface area (Å²) >= 11 is 0. The van der Waals surface area contributed by atoms with Crippen molar-refractivity contribution in [3.8, 4) is 0 Å². The highest BCUT2D eigenvalue weighted by Crippen LogP contribution is 2.29. The fourth-order valence-electron chi connectivity index (χ4n) is 1.89. The van der Waals surface area contributed by atoms with Gasteiger partial charge in [0.1, 0.15) is 5.82 Å². The Kier molecular flexibility index (Phi) is 2.96. The Morgan fingerprint density at radius 3 is 2.81 bits per heavy atom. The number of benzene rings is 1.